The first-order valence-electron chi connectivity index (χ1n) is 7.77. The van der Waals surface area contributed by atoms with Crippen LogP contribution in [0.3, 0.4) is 0 Å². The van der Waals surface area contributed by atoms with Gasteiger partial charge in [0.05, 0.1) is 32.2 Å². The van der Waals surface area contributed by atoms with Crippen molar-refractivity contribution in [2.24, 2.45) is 0 Å². The second-order valence-corrected chi connectivity index (χ2v) is 6.83. The van der Waals surface area contributed by atoms with Crippen molar-refractivity contribution in [3.63, 3.8) is 0 Å². The van der Waals surface area contributed by atoms with Crippen LogP contribution in [0.5, 0.6) is 5.75 Å². The van der Waals surface area contributed by atoms with Crippen LogP contribution in [0, 0.1) is 0 Å². The first-order valence-corrected chi connectivity index (χ1v) is 7.77. The Morgan fingerprint density at radius 3 is 2.30 bits per heavy atom. The number of rotatable bonds is 6. The van der Waals surface area contributed by atoms with E-state index in [0.29, 0.717) is 18.0 Å². The third-order valence-corrected chi connectivity index (χ3v) is 3.79. The maximum Gasteiger partial charge on any atom is 0.124 e. The number of nitrogens with zero attached hydrogens (tertiary/aromatic N) is 1. The van der Waals surface area contributed by atoms with Gasteiger partial charge in [0.1, 0.15) is 12.3 Å². The predicted octanol–water partition coefficient (Wildman–Crippen LogP) is 2.63. The number of phenols is 1. The summed E-state index contributed by atoms with van der Waals surface area (Å²) in [7, 11) is 4.29. The van der Waals surface area contributed by atoms with Crippen LogP contribution in [0.1, 0.15) is 12.5 Å². The number of aromatic hydroxyl groups is 1. The molecule has 23 heavy (non-hydrogen) atoms. The number of nitrogen functional groups attached to an aromatic ring is 2. The highest BCUT2D eigenvalue weighted by Crippen LogP contribution is 2.23. The van der Waals surface area contributed by atoms with E-state index in [1.165, 1.54) is 0 Å². The summed E-state index contributed by atoms with van der Waals surface area (Å²) in [4.78, 5) is 0. The lowest BCUT2D eigenvalue weighted by atomic mass is 10.1. The third-order valence-electron chi connectivity index (χ3n) is 3.79. The van der Waals surface area contributed by atoms with E-state index < -0.39 is 0 Å². The van der Waals surface area contributed by atoms with Crippen molar-refractivity contribution in [1.82, 2.24) is 0 Å². The summed E-state index contributed by atoms with van der Waals surface area (Å²) >= 11 is 0. The summed E-state index contributed by atoms with van der Waals surface area (Å²) < 4.78 is 0.736. The van der Waals surface area contributed by atoms with Crippen molar-refractivity contribution in [1.29, 1.82) is 0 Å². The molecule has 6 N–H and O–H groups in total. The van der Waals surface area contributed by atoms with Gasteiger partial charge in [0.25, 0.3) is 0 Å². The summed E-state index contributed by atoms with van der Waals surface area (Å²) in [5.41, 5.74) is 14.9. The van der Waals surface area contributed by atoms with Gasteiger partial charge in [0.15, 0.2) is 0 Å². The molecule has 5 heteroatoms. The van der Waals surface area contributed by atoms with E-state index >= 15 is 0 Å². The number of anilines is 3. The van der Waals surface area contributed by atoms with Gasteiger partial charge in [-0.05, 0) is 49.4 Å². The Bertz CT molecular complexity index is 653. The van der Waals surface area contributed by atoms with E-state index in [2.05, 4.69) is 26.3 Å². The molecule has 124 valence electrons. The van der Waals surface area contributed by atoms with E-state index in [1.54, 1.807) is 12.1 Å². The molecule has 0 bridgehead atoms. The zero-order chi connectivity index (χ0) is 17.0. The van der Waals surface area contributed by atoms with E-state index in [-0.39, 0.29) is 6.04 Å². The first-order chi connectivity index (χ1) is 10.7. The van der Waals surface area contributed by atoms with Crippen LogP contribution in [-0.4, -0.2) is 36.3 Å². The Kier molecular flexibility index (Phi) is 5.01. The smallest absolute Gasteiger partial charge is 0.124 e. The van der Waals surface area contributed by atoms with Gasteiger partial charge in [-0.15, -0.1) is 0 Å². The molecule has 0 saturated carbocycles. The summed E-state index contributed by atoms with van der Waals surface area (Å²) in [5.74, 6) is 0.296. The number of hydrogen-bond donors (Lipinski definition) is 4. The van der Waals surface area contributed by atoms with Crippen LogP contribution in [-0.2, 0) is 6.54 Å². The van der Waals surface area contributed by atoms with Gasteiger partial charge in [-0.3, -0.25) is 0 Å². The van der Waals surface area contributed by atoms with Crippen LogP contribution in [0.2, 0.25) is 0 Å². The largest absolute Gasteiger partial charge is 0.507 e. The molecule has 2 aromatic carbocycles. The van der Waals surface area contributed by atoms with Gasteiger partial charge < -0.3 is 26.4 Å². The summed E-state index contributed by atoms with van der Waals surface area (Å²) in [6.45, 7) is 3.76. The molecule has 1 unspecified atom stereocenters. The highest BCUT2D eigenvalue weighted by Gasteiger charge is 2.21. The molecule has 2 rings (SSSR count). The molecular formula is C18H27N4O+. The van der Waals surface area contributed by atoms with Gasteiger partial charge in [0, 0.05) is 17.1 Å². The van der Waals surface area contributed by atoms with Gasteiger partial charge in [0.2, 0.25) is 0 Å². The number of quaternary nitrogens is 1. The molecular weight excluding hydrogens is 288 g/mol. The Hall–Kier alpha value is -2.40. The van der Waals surface area contributed by atoms with Crippen LogP contribution >= 0.6 is 0 Å². The lowest BCUT2D eigenvalue weighted by Gasteiger charge is -2.33. The van der Waals surface area contributed by atoms with Crippen molar-refractivity contribution in [3.05, 3.63) is 48.0 Å². The Morgan fingerprint density at radius 1 is 1.04 bits per heavy atom. The maximum atomic E-state index is 10.0. The molecule has 0 aromatic heterocycles. The fourth-order valence-corrected chi connectivity index (χ4v) is 2.91. The van der Waals surface area contributed by atoms with Crippen LogP contribution in [0.15, 0.2) is 42.5 Å². The number of likely N-dealkylation sites (N-methyl/N-ethyl adjacent to an activating group) is 1. The number of benzene rings is 2. The molecule has 5 nitrogen and oxygen atoms in total. The fraction of sp³-hybridized carbons (Fsp3) is 0.333. The van der Waals surface area contributed by atoms with Crippen molar-refractivity contribution >= 4 is 17.1 Å². The van der Waals surface area contributed by atoms with Crippen molar-refractivity contribution in [3.8, 4) is 5.75 Å². The molecule has 0 saturated heterocycles. The molecule has 0 spiro atoms. The minimum absolute atomic E-state index is 0.275. The molecule has 0 radical (unpaired) electrons. The number of nitrogens with one attached hydrogen (secondary N) is 1. The second kappa shape index (κ2) is 6.79. The minimum atomic E-state index is 0.275. The predicted molar refractivity (Wildman–Crippen MR) is 97.1 cm³/mol. The zero-order valence-corrected chi connectivity index (χ0v) is 14.1. The third kappa shape index (κ3) is 5.07. The highest BCUT2D eigenvalue weighted by atomic mass is 16.3. The van der Waals surface area contributed by atoms with Gasteiger partial charge in [-0.2, -0.15) is 0 Å². The summed E-state index contributed by atoms with van der Waals surface area (Å²) in [5, 5.41) is 13.5. The van der Waals surface area contributed by atoms with E-state index in [1.807, 2.05) is 30.3 Å². The number of hydrogen-bond acceptors (Lipinski definition) is 4. The lowest BCUT2D eigenvalue weighted by Crippen LogP contribution is -2.45. The molecule has 0 heterocycles. The van der Waals surface area contributed by atoms with Crippen molar-refractivity contribution < 1.29 is 9.59 Å². The first kappa shape index (κ1) is 17.0. The van der Waals surface area contributed by atoms with Crippen LogP contribution < -0.4 is 16.8 Å². The zero-order valence-electron chi connectivity index (χ0n) is 14.1. The fourth-order valence-electron chi connectivity index (χ4n) is 2.91. The lowest BCUT2D eigenvalue weighted by molar-refractivity contribution is -0.904. The molecule has 0 amide bonds. The second-order valence-electron chi connectivity index (χ2n) is 6.83. The van der Waals surface area contributed by atoms with E-state index in [0.717, 1.165) is 28.0 Å². The topological polar surface area (TPSA) is 84.3 Å². The van der Waals surface area contributed by atoms with Gasteiger partial charge in [-0.1, -0.05) is 0 Å². The van der Waals surface area contributed by atoms with Gasteiger partial charge >= 0.3 is 0 Å². The Balaban J connectivity index is 1.99. The Morgan fingerprint density at radius 2 is 1.65 bits per heavy atom. The van der Waals surface area contributed by atoms with E-state index in [4.69, 9.17) is 11.5 Å². The van der Waals surface area contributed by atoms with Gasteiger partial charge in [-0.25, -0.2) is 0 Å². The SMILES string of the molecule is CC(C[N+](C)(C)Cc1cc(N)ccc1O)Nc1ccc(N)cc1. The standard InChI is InChI=1S/C18H26N4O/c1-13(21-17-7-4-15(19)5-8-17)11-22(2,3)12-14-10-16(20)6-9-18(14)23/h4-10,13,21H,11-12,19-20H2,1-3H3/p+1. The molecule has 0 aliphatic carbocycles. The molecule has 0 fully saturated rings. The monoisotopic (exact) mass is 315 g/mol. The van der Waals surface area contributed by atoms with Crippen LogP contribution in [0.4, 0.5) is 17.1 Å². The molecule has 2 aromatic rings. The molecule has 1 atom stereocenters. The molecule has 0 aliphatic heterocycles. The van der Waals surface area contributed by atoms with E-state index in [9.17, 15) is 5.11 Å². The number of phenolic OH excluding ortho intramolecular Hbond substituents is 1. The summed E-state index contributed by atoms with van der Waals surface area (Å²) in [6, 6.07) is 13.2. The van der Waals surface area contributed by atoms with Crippen molar-refractivity contribution in [2.75, 3.05) is 37.4 Å². The highest BCUT2D eigenvalue weighted by molar-refractivity contribution is 5.51. The van der Waals surface area contributed by atoms with Crippen LogP contribution in [0.25, 0.3) is 0 Å². The average molecular weight is 315 g/mol. The minimum Gasteiger partial charge on any atom is -0.507 e. The normalized spacial score (nSPS) is 12.8. The quantitative estimate of drug-likeness (QED) is 0.375. The van der Waals surface area contributed by atoms with Crippen molar-refractivity contribution in [2.45, 2.75) is 19.5 Å². The molecule has 0 aliphatic rings. The Labute approximate surface area is 138 Å². The number of nitrogens with two attached hydrogens (primary N) is 2. The summed E-state index contributed by atoms with van der Waals surface area (Å²) in [6.07, 6.45) is 0. The average Bonchev–Trinajstić information content (AvgIpc) is 2.44. The maximum absolute atomic E-state index is 10.0.